The number of benzene rings is 1. The molecule has 0 spiro atoms. The molecular formula is C6H8ClN2O4S-. The van der Waals surface area contributed by atoms with Gasteiger partial charge in [0.2, 0.25) is 0 Å². The van der Waals surface area contributed by atoms with Crippen molar-refractivity contribution in [2.75, 3.05) is 0 Å². The van der Waals surface area contributed by atoms with E-state index < -0.39 is 10.4 Å². The van der Waals surface area contributed by atoms with Gasteiger partial charge in [0.05, 0.1) is 0 Å². The molecule has 1 aromatic rings. The fourth-order valence-electron chi connectivity index (χ4n) is 0.574. The molecule has 1 rings (SSSR count). The molecule has 0 aliphatic heterocycles. The molecule has 0 fully saturated rings. The highest BCUT2D eigenvalue weighted by Gasteiger charge is 1.90. The molecule has 0 unspecified atom stereocenters. The molecule has 0 amide bonds. The van der Waals surface area contributed by atoms with Crippen LogP contribution < -0.4 is 11.3 Å². The first-order valence-electron chi connectivity index (χ1n) is 3.30. The quantitative estimate of drug-likeness (QED) is 0.215. The predicted octanol–water partition coefficient (Wildman–Crippen LogP) is -0.929. The van der Waals surface area contributed by atoms with Gasteiger partial charge in [0.1, 0.15) is 5.69 Å². The third-order valence-corrected chi connectivity index (χ3v) is 1.31. The zero-order chi connectivity index (χ0) is 11.2. The van der Waals surface area contributed by atoms with Gasteiger partial charge in [0.25, 0.3) is 0 Å². The Morgan fingerprint density at radius 2 is 1.57 bits per heavy atom. The number of rotatable bonds is 1. The lowest BCUT2D eigenvalue weighted by atomic mass is 10.3. The van der Waals surface area contributed by atoms with Crippen molar-refractivity contribution in [3.05, 3.63) is 29.3 Å². The van der Waals surface area contributed by atoms with E-state index in [4.69, 9.17) is 35.0 Å². The van der Waals surface area contributed by atoms with Crippen LogP contribution in [0.5, 0.6) is 0 Å². The second-order valence-electron chi connectivity index (χ2n) is 2.13. The molecule has 0 radical (unpaired) electrons. The van der Waals surface area contributed by atoms with Crippen molar-refractivity contribution in [1.82, 2.24) is 0 Å². The van der Waals surface area contributed by atoms with Crippen molar-refractivity contribution in [3.8, 4) is 0 Å². The maximum absolute atomic E-state index is 8.52. The summed E-state index contributed by atoms with van der Waals surface area (Å²) in [5.74, 6) is 5.23. The summed E-state index contributed by atoms with van der Waals surface area (Å²) in [6.45, 7) is 0. The Bertz CT molecular complexity index is 356. The van der Waals surface area contributed by atoms with E-state index in [9.17, 15) is 0 Å². The number of nitrogens with two attached hydrogens (primary N) is 2. The van der Waals surface area contributed by atoms with Crippen molar-refractivity contribution < 1.29 is 22.9 Å². The van der Waals surface area contributed by atoms with Crippen LogP contribution in [0, 0.1) is 0 Å². The third-order valence-electron chi connectivity index (χ3n) is 1.06. The Kier molecular flexibility index (Phi) is 5.62. The molecule has 8 heteroatoms. The zero-order valence-electron chi connectivity index (χ0n) is 6.88. The second-order valence-corrected chi connectivity index (χ2v) is 3.38. The maximum atomic E-state index is 8.52. The molecule has 0 saturated heterocycles. The smallest absolute Gasteiger partial charge is 0.148 e. The van der Waals surface area contributed by atoms with Crippen molar-refractivity contribution in [3.63, 3.8) is 0 Å². The fourth-order valence-corrected chi connectivity index (χ4v) is 0.700. The first kappa shape index (κ1) is 13.3. The van der Waals surface area contributed by atoms with Crippen molar-refractivity contribution in [2.24, 2.45) is 5.84 Å². The van der Waals surface area contributed by atoms with E-state index in [0.29, 0.717) is 0 Å². The summed E-state index contributed by atoms with van der Waals surface area (Å²) >= 11 is 5.61. The summed E-state index contributed by atoms with van der Waals surface area (Å²) < 4.78 is 34.1. The standard InChI is InChI=1S/C6H7ClN2.H2O4S/c7-5-1-3-6(9-8)4-2-5;1-5(2,3)4/h1-4,9H,8H2;(H2,1,2,3,4)/p-1. The molecule has 80 valence electrons. The largest absolute Gasteiger partial charge is 0.759 e. The van der Waals surface area contributed by atoms with Crippen molar-refractivity contribution >= 4 is 27.7 Å². The Morgan fingerprint density at radius 3 is 1.86 bits per heavy atom. The minimum Gasteiger partial charge on any atom is -0.759 e. The lowest BCUT2D eigenvalue weighted by molar-refractivity contribution is -0.584. The van der Waals surface area contributed by atoms with E-state index in [1.165, 1.54) is 5.43 Å². The molecule has 1 aromatic carbocycles. The van der Waals surface area contributed by atoms with Crippen LogP contribution in [0.15, 0.2) is 24.3 Å². The Morgan fingerprint density at radius 1 is 1.21 bits per heavy atom. The van der Waals surface area contributed by atoms with E-state index in [-0.39, 0.29) is 0 Å². The molecule has 0 bridgehead atoms. The molecule has 0 saturated carbocycles. The van der Waals surface area contributed by atoms with Crippen LogP contribution in [-0.4, -0.2) is 17.5 Å². The first-order chi connectivity index (χ1) is 6.33. The van der Waals surface area contributed by atoms with Crippen molar-refractivity contribution in [2.45, 2.75) is 0 Å². The fraction of sp³-hybridized carbons (Fsp3) is 0. The molecule has 0 aliphatic carbocycles. The summed E-state index contributed by atoms with van der Waals surface area (Å²) in [6.07, 6.45) is 0. The van der Waals surface area contributed by atoms with E-state index in [2.05, 4.69) is 0 Å². The lowest BCUT2D eigenvalue weighted by Crippen LogP contribution is -2.85. The minimum absolute atomic E-state index is 0.737. The van der Waals surface area contributed by atoms with Crippen LogP contribution in [0.4, 0.5) is 5.69 Å². The Labute approximate surface area is 86.2 Å². The summed E-state index contributed by atoms with van der Waals surface area (Å²) in [4.78, 5) is 0. The van der Waals surface area contributed by atoms with Crippen molar-refractivity contribution in [1.29, 1.82) is 0 Å². The van der Waals surface area contributed by atoms with Crippen LogP contribution >= 0.6 is 11.6 Å². The summed E-state index contributed by atoms with van der Waals surface area (Å²) in [7, 11) is -5.17. The Hall–Kier alpha value is -0.700. The lowest BCUT2D eigenvalue weighted by Gasteiger charge is -2.06. The van der Waals surface area contributed by atoms with Gasteiger partial charge in [-0.05, 0) is 12.1 Å². The zero-order valence-corrected chi connectivity index (χ0v) is 8.46. The summed E-state index contributed by atoms with van der Waals surface area (Å²) in [6, 6.07) is 7.34. The van der Waals surface area contributed by atoms with Crippen LogP contribution in [0.3, 0.4) is 0 Å². The first-order valence-corrected chi connectivity index (χ1v) is 5.01. The molecule has 4 N–H and O–H groups in total. The molecule has 0 aliphatic rings. The minimum atomic E-state index is -5.17. The van der Waals surface area contributed by atoms with Gasteiger partial charge in [-0.1, -0.05) is 11.6 Å². The summed E-state index contributed by atoms with van der Waals surface area (Å²) in [5.41, 5.74) is 2.52. The van der Waals surface area contributed by atoms with Gasteiger partial charge in [-0.25, -0.2) is 5.43 Å². The molecule has 14 heavy (non-hydrogen) atoms. The van der Waals surface area contributed by atoms with E-state index >= 15 is 0 Å². The van der Waals surface area contributed by atoms with Gasteiger partial charge in [-0.2, -0.15) is 5.84 Å². The Balaban J connectivity index is 0.000000292. The number of hydrogen-bond donors (Lipinski definition) is 2. The second kappa shape index (κ2) is 5.91. The molecule has 0 atom stereocenters. The highest BCUT2D eigenvalue weighted by atomic mass is 35.5. The number of hydrogen-bond acceptors (Lipinski definition) is 5. The molecule has 0 aromatic heterocycles. The SMILES string of the molecule is N[NH2+]c1ccc(Cl)cc1.O=S(=O)([O-])[O-]. The van der Waals surface area contributed by atoms with Gasteiger partial charge < -0.3 is 9.11 Å². The van der Waals surface area contributed by atoms with Crippen LogP contribution in [0.1, 0.15) is 0 Å². The van der Waals surface area contributed by atoms with Crippen LogP contribution in [0.2, 0.25) is 5.02 Å². The van der Waals surface area contributed by atoms with E-state index in [1.807, 2.05) is 12.1 Å². The third kappa shape index (κ3) is 9.39. The average molecular weight is 240 g/mol. The van der Waals surface area contributed by atoms with E-state index in [0.717, 1.165) is 10.7 Å². The number of halogens is 1. The molecule has 0 heterocycles. The monoisotopic (exact) mass is 239 g/mol. The van der Waals surface area contributed by atoms with E-state index in [1.54, 1.807) is 12.1 Å². The topological polar surface area (TPSA) is 123 Å². The van der Waals surface area contributed by atoms with Gasteiger partial charge >= 0.3 is 0 Å². The normalized spacial score (nSPS) is 10.3. The molecule has 6 nitrogen and oxygen atoms in total. The van der Waals surface area contributed by atoms with Crippen LogP contribution in [0.25, 0.3) is 0 Å². The number of quaternary nitrogens is 1. The highest BCUT2D eigenvalue weighted by molar-refractivity contribution is 7.79. The maximum Gasteiger partial charge on any atom is 0.148 e. The van der Waals surface area contributed by atoms with Gasteiger partial charge in [-0.3, -0.25) is 8.42 Å². The summed E-state index contributed by atoms with van der Waals surface area (Å²) in [5, 5.41) is 0.737. The molecular weight excluding hydrogens is 232 g/mol. The van der Waals surface area contributed by atoms with Gasteiger partial charge in [-0.15, -0.1) is 0 Å². The average Bonchev–Trinajstić information content (AvgIpc) is 2.03. The highest BCUT2D eigenvalue weighted by Crippen LogP contribution is 2.08. The predicted molar refractivity (Wildman–Crippen MR) is 47.7 cm³/mol. The van der Waals surface area contributed by atoms with Gasteiger partial charge in [0, 0.05) is 27.6 Å². The van der Waals surface area contributed by atoms with Gasteiger partial charge in [0.15, 0.2) is 0 Å². The van der Waals surface area contributed by atoms with Crippen LogP contribution in [-0.2, 0) is 10.4 Å².